The molecule has 0 spiro atoms. The van der Waals surface area contributed by atoms with Crippen LogP contribution >= 0.6 is 24.0 Å². The third-order valence-electron chi connectivity index (χ3n) is 8.30. The Labute approximate surface area is 276 Å². The minimum atomic E-state index is -1.31. The summed E-state index contributed by atoms with van der Waals surface area (Å²) >= 11 is 6.91. The van der Waals surface area contributed by atoms with Gasteiger partial charge in [0.25, 0.3) is 5.91 Å². The summed E-state index contributed by atoms with van der Waals surface area (Å²) in [6.45, 7) is 4.97. The quantitative estimate of drug-likeness (QED) is 0.133. The minimum Gasteiger partial charge on any atom is -0.464 e. The van der Waals surface area contributed by atoms with Gasteiger partial charge in [-0.2, -0.15) is 0 Å². The van der Waals surface area contributed by atoms with Gasteiger partial charge in [-0.25, -0.2) is 14.0 Å². The molecule has 2 bridgehead atoms. The molecule has 1 aliphatic heterocycles. The standard InChI is InChI=1S/C33H38FN3O7S2/c1-33(2,3)44-31(41)36-23(16-28(35)38)30(40)42-12-4-5-21-15-25(19-8-10-22(34)11-9-19)43-26(21)17-27-29(39)37(32(45)46-27)24-14-18-6-7-20(24)13-18/h8-11,15,17-18,20,23-24H,4-7,12-14,16H2,1-3H3,(H2,35,38)(H,36,41)/b27-17-/t18-,20-,23-,24-/m0/s1. The van der Waals surface area contributed by atoms with Gasteiger partial charge in [0.2, 0.25) is 5.91 Å². The maximum absolute atomic E-state index is 13.6. The molecule has 0 unspecified atom stereocenters. The predicted octanol–water partition coefficient (Wildman–Crippen LogP) is 5.72. The van der Waals surface area contributed by atoms with Gasteiger partial charge < -0.3 is 24.9 Å². The van der Waals surface area contributed by atoms with Crippen molar-refractivity contribution in [1.82, 2.24) is 10.2 Å². The maximum atomic E-state index is 13.6. The molecule has 3 N–H and O–H groups in total. The highest BCUT2D eigenvalue weighted by molar-refractivity contribution is 8.26. The van der Waals surface area contributed by atoms with E-state index in [0.717, 1.165) is 24.8 Å². The molecule has 2 heterocycles. The molecule has 3 fully saturated rings. The molecular formula is C33H38FN3O7S2. The highest BCUT2D eigenvalue weighted by Gasteiger charge is 2.48. The lowest BCUT2D eigenvalue weighted by Gasteiger charge is -2.30. The fraction of sp³-hybridized carbons (Fsp3) is 0.485. The first-order chi connectivity index (χ1) is 21.8. The number of thioether (sulfide) groups is 1. The largest absolute Gasteiger partial charge is 0.464 e. The molecule has 1 saturated heterocycles. The molecule has 1 aromatic carbocycles. The van der Waals surface area contributed by atoms with Crippen LogP contribution in [0.5, 0.6) is 0 Å². The first kappa shape index (κ1) is 33.6. The molecule has 2 aliphatic carbocycles. The molecule has 3 aliphatic rings. The Bertz CT molecular complexity index is 1550. The number of alkyl carbamates (subject to hydrolysis) is 1. The van der Waals surface area contributed by atoms with E-state index in [0.29, 0.717) is 51.0 Å². The summed E-state index contributed by atoms with van der Waals surface area (Å²) in [7, 11) is 0. The third kappa shape index (κ3) is 8.16. The van der Waals surface area contributed by atoms with Crippen molar-refractivity contribution in [3.05, 3.63) is 52.4 Å². The number of hydrogen-bond acceptors (Lipinski definition) is 9. The van der Waals surface area contributed by atoms with Crippen molar-refractivity contribution in [2.75, 3.05) is 6.61 Å². The second kappa shape index (κ2) is 14.0. The number of halogens is 1. The van der Waals surface area contributed by atoms with Gasteiger partial charge in [-0.05, 0) is 101 Å². The van der Waals surface area contributed by atoms with Crippen LogP contribution in [-0.4, -0.2) is 57.4 Å². The van der Waals surface area contributed by atoms with E-state index in [2.05, 4.69) is 5.32 Å². The first-order valence-corrected chi connectivity index (χ1v) is 16.6. The van der Waals surface area contributed by atoms with Crippen LogP contribution in [0, 0.1) is 17.7 Å². The van der Waals surface area contributed by atoms with Crippen LogP contribution in [0.4, 0.5) is 9.18 Å². The molecule has 0 radical (unpaired) electrons. The average molecular weight is 672 g/mol. The number of amides is 3. The number of nitrogens with zero attached hydrogens (tertiary/aromatic N) is 1. The zero-order valence-electron chi connectivity index (χ0n) is 26.0. The number of benzene rings is 1. The van der Waals surface area contributed by atoms with E-state index in [-0.39, 0.29) is 24.4 Å². The Hall–Kier alpha value is -3.71. The van der Waals surface area contributed by atoms with Crippen LogP contribution in [0.15, 0.2) is 39.7 Å². The zero-order valence-corrected chi connectivity index (χ0v) is 27.6. The van der Waals surface area contributed by atoms with Gasteiger partial charge in [-0.3, -0.25) is 14.5 Å². The number of carbonyl (C=O) groups excluding carboxylic acids is 4. The van der Waals surface area contributed by atoms with E-state index >= 15 is 0 Å². The number of carbonyl (C=O) groups is 4. The first-order valence-electron chi connectivity index (χ1n) is 15.4. The summed E-state index contributed by atoms with van der Waals surface area (Å²) in [5.74, 6) is -0.0221. The minimum absolute atomic E-state index is 0.0348. The summed E-state index contributed by atoms with van der Waals surface area (Å²) in [6, 6.07) is 6.54. The number of fused-ring (bicyclic) bond motifs is 2. The number of primary amides is 1. The van der Waals surface area contributed by atoms with Crippen molar-refractivity contribution < 1.29 is 37.5 Å². The molecule has 46 heavy (non-hydrogen) atoms. The molecule has 10 nitrogen and oxygen atoms in total. The number of thiocarbonyl (C=S) groups is 1. The number of nitrogens with two attached hydrogens (primary N) is 1. The van der Waals surface area contributed by atoms with Gasteiger partial charge in [-0.15, -0.1) is 0 Å². The number of rotatable bonds is 11. The zero-order chi connectivity index (χ0) is 33.2. The molecule has 2 aromatic rings. The SMILES string of the molecule is CC(C)(C)OC(=O)N[C@@H](CC(N)=O)C(=O)OCCCc1cc(-c2ccc(F)cc2)oc1/C=C1\SC(=S)N([C@H]2C[C@H]3CC[C@H]2C3)C1=O. The molecule has 4 atom stereocenters. The van der Waals surface area contributed by atoms with Crippen LogP contribution in [0.25, 0.3) is 17.4 Å². The molecule has 3 amide bonds. The van der Waals surface area contributed by atoms with Gasteiger partial charge in [0, 0.05) is 17.7 Å². The van der Waals surface area contributed by atoms with Crippen LogP contribution in [0.1, 0.15) is 70.6 Å². The topological polar surface area (TPSA) is 141 Å². The van der Waals surface area contributed by atoms with Gasteiger partial charge in [-0.1, -0.05) is 30.4 Å². The van der Waals surface area contributed by atoms with E-state index in [4.69, 9.17) is 31.8 Å². The summed E-state index contributed by atoms with van der Waals surface area (Å²) in [5.41, 5.74) is 5.87. The van der Waals surface area contributed by atoms with E-state index in [9.17, 15) is 23.6 Å². The number of nitrogens with one attached hydrogen (secondary N) is 1. The highest BCUT2D eigenvalue weighted by Crippen LogP contribution is 2.49. The van der Waals surface area contributed by atoms with Gasteiger partial charge in [0.05, 0.1) is 17.9 Å². The van der Waals surface area contributed by atoms with Crippen molar-refractivity contribution in [2.24, 2.45) is 17.6 Å². The lowest BCUT2D eigenvalue weighted by atomic mass is 9.94. The Morgan fingerprint density at radius 1 is 1.22 bits per heavy atom. The van der Waals surface area contributed by atoms with Gasteiger partial charge in [0.15, 0.2) is 0 Å². The fourth-order valence-electron chi connectivity index (χ4n) is 6.31. The van der Waals surface area contributed by atoms with E-state index < -0.39 is 36.0 Å². The van der Waals surface area contributed by atoms with Gasteiger partial charge >= 0.3 is 12.1 Å². The normalized spacial score (nSPS) is 22.4. The van der Waals surface area contributed by atoms with Crippen LogP contribution in [0.2, 0.25) is 0 Å². The maximum Gasteiger partial charge on any atom is 0.408 e. The van der Waals surface area contributed by atoms with Crippen LogP contribution in [-0.2, 0) is 30.3 Å². The number of esters is 1. The molecular weight excluding hydrogens is 634 g/mol. The molecule has 1 aromatic heterocycles. The second-order valence-electron chi connectivity index (χ2n) is 12.9. The monoisotopic (exact) mass is 671 g/mol. The Morgan fingerprint density at radius 3 is 2.59 bits per heavy atom. The van der Waals surface area contributed by atoms with Crippen LogP contribution in [0.3, 0.4) is 0 Å². The predicted molar refractivity (Wildman–Crippen MR) is 175 cm³/mol. The van der Waals surface area contributed by atoms with E-state index in [1.807, 2.05) is 6.07 Å². The fourth-order valence-corrected chi connectivity index (χ4v) is 7.65. The highest BCUT2D eigenvalue weighted by atomic mass is 32.2. The average Bonchev–Trinajstić information content (AvgIpc) is 3.74. The number of ether oxygens (including phenoxy) is 2. The van der Waals surface area contributed by atoms with Crippen molar-refractivity contribution in [2.45, 2.75) is 83.4 Å². The second-order valence-corrected chi connectivity index (χ2v) is 14.6. The Morgan fingerprint density at radius 2 is 1.96 bits per heavy atom. The van der Waals surface area contributed by atoms with E-state index in [1.165, 1.54) is 30.3 Å². The summed E-state index contributed by atoms with van der Waals surface area (Å²) in [6.07, 6.45) is 5.60. The lowest BCUT2D eigenvalue weighted by molar-refractivity contribution is -0.147. The third-order valence-corrected chi connectivity index (χ3v) is 9.63. The number of hydrogen-bond donors (Lipinski definition) is 2. The Kier molecular flexibility index (Phi) is 10.2. The van der Waals surface area contributed by atoms with Crippen molar-refractivity contribution in [3.63, 3.8) is 0 Å². The summed E-state index contributed by atoms with van der Waals surface area (Å²) in [4.78, 5) is 52.3. The van der Waals surface area contributed by atoms with Crippen LogP contribution < -0.4 is 11.1 Å². The smallest absolute Gasteiger partial charge is 0.408 e. The number of aryl methyl sites for hydroxylation is 1. The summed E-state index contributed by atoms with van der Waals surface area (Å²) in [5, 5.41) is 2.34. The molecule has 5 rings (SSSR count). The van der Waals surface area contributed by atoms with Crippen molar-refractivity contribution >= 4 is 58.3 Å². The lowest BCUT2D eigenvalue weighted by Crippen LogP contribution is -2.46. The molecule has 13 heteroatoms. The molecule has 2 saturated carbocycles. The van der Waals surface area contributed by atoms with Crippen molar-refractivity contribution in [1.29, 1.82) is 0 Å². The van der Waals surface area contributed by atoms with Crippen molar-refractivity contribution in [3.8, 4) is 11.3 Å². The molecule has 246 valence electrons. The summed E-state index contributed by atoms with van der Waals surface area (Å²) < 4.78 is 30.9. The number of furan rings is 1. The Balaban J connectivity index is 1.28. The van der Waals surface area contributed by atoms with Gasteiger partial charge in [0.1, 0.15) is 33.3 Å². The van der Waals surface area contributed by atoms with E-state index in [1.54, 1.807) is 43.9 Å².